The molecule has 48 valence electrons. The first-order valence-corrected chi connectivity index (χ1v) is 6.23. The fourth-order valence-electron chi connectivity index (χ4n) is 1.48. The summed E-state index contributed by atoms with van der Waals surface area (Å²) in [4.78, 5) is 0. The first-order chi connectivity index (χ1) is 5.75. The van der Waals surface area contributed by atoms with Crippen molar-refractivity contribution in [3.63, 3.8) is 0 Å². The Morgan fingerprint density at radius 1 is 0.667 bits per heavy atom. The monoisotopic (exact) mass is 172 g/mol. The minimum atomic E-state index is 1.15. The van der Waals surface area contributed by atoms with Crippen molar-refractivity contribution in [2.45, 2.75) is 0 Å². The zero-order valence-electron chi connectivity index (χ0n) is 7.46. The van der Waals surface area contributed by atoms with Gasteiger partial charge in [0.15, 0.2) is 0 Å². The summed E-state index contributed by atoms with van der Waals surface area (Å²) in [6.45, 7) is 0. The van der Waals surface area contributed by atoms with Gasteiger partial charge in [-0.1, -0.05) is 0 Å². The van der Waals surface area contributed by atoms with Crippen molar-refractivity contribution in [1.82, 2.24) is 0 Å². The molecule has 0 aliphatic carbocycles. The number of hydrogen-bond donors (Lipinski definition) is 0. The van der Waals surface area contributed by atoms with Crippen LogP contribution in [0.5, 0.6) is 0 Å². The van der Waals surface area contributed by atoms with Crippen LogP contribution in [0.4, 0.5) is 0 Å². The third-order valence-corrected chi connectivity index (χ3v) is 3.40. The maximum atomic E-state index is 2.29. The first kappa shape index (κ1) is 9.26. The Bertz CT molecular complexity index is 380. The van der Waals surface area contributed by atoms with E-state index in [-0.39, 0.29) is 0 Å². The molecule has 0 heterocycles. The zero-order chi connectivity index (χ0) is 8.55. The average Bonchev–Trinajstić information content (AvgIpc) is 2.05. The van der Waals surface area contributed by atoms with Crippen LogP contribution in [0.25, 0.3) is 10.8 Å². The van der Waals surface area contributed by atoms with Gasteiger partial charge in [0.1, 0.15) is 0 Å². The van der Waals surface area contributed by atoms with E-state index in [4.69, 9.17) is 0 Å². The third-order valence-electron chi connectivity index (χ3n) is 2.15. The number of hydrogen-bond acceptors (Lipinski definition) is 0. The molecule has 0 aliphatic heterocycles. The van der Waals surface area contributed by atoms with Crippen LogP contribution in [0.2, 0.25) is 0 Å². The quantitative estimate of drug-likeness (QED) is 0.505. The topological polar surface area (TPSA) is 0 Å². The van der Waals surface area contributed by atoms with E-state index in [0.717, 1.165) is 55.9 Å². The van der Waals surface area contributed by atoms with Gasteiger partial charge in [-0.25, -0.2) is 0 Å². The third kappa shape index (κ3) is 1.95. The molecule has 0 fully saturated rings. The van der Waals surface area contributed by atoms with Gasteiger partial charge < -0.3 is 0 Å². The molecule has 0 aliphatic rings. The van der Waals surface area contributed by atoms with Gasteiger partial charge in [-0.2, -0.15) is 0 Å². The van der Waals surface area contributed by atoms with E-state index >= 15 is 0 Å². The molecular formula is C10H6Na2. The molecule has 0 unspecified atom stereocenters. The molecule has 2 aromatic carbocycles. The van der Waals surface area contributed by atoms with E-state index in [0.29, 0.717) is 0 Å². The Kier molecular flexibility index (Phi) is 2.96. The van der Waals surface area contributed by atoms with Crippen molar-refractivity contribution in [2.24, 2.45) is 0 Å². The van der Waals surface area contributed by atoms with E-state index in [1.807, 2.05) is 0 Å². The molecule has 2 heteroatoms. The molecule has 0 bridgehead atoms. The summed E-state index contributed by atoms with van der Waals surface area (Å²) in [5, 5.41) is 2.78. The molecule has 0 aromatic heterocycles. The predicted molar refractivity (Wildman–Crippen MR) is 54.7 cm³/mol. The molecule has 0 amide bonds. The Morgan fingerprint density at radius 3 is 1.50 bits per heavy atom. The summed E-state index contributed by atoms with van der Waals surface area (Å²) >= 11 is 2.30. The SMILES string of the molecule is [Na][c]1ccc2c[c]([Na])ccc2c1. The standard InChI is InChI=1S/C10H6.2Na/c1-2-6-10-8-4-3-7-9(10)5-1;;/h1,4-8H;;. The molecule has 12 heavy (non-hydrogen) atoms. The summed E-state index contributed by atoms with van der Waals surface area (Å²) in [7, 11) is 0. The van der Waals surface area contributed by atoms with Crippen LogP contribution >= 0.6 is 0 Å². The van der Waals surface area contributed by atoms with Crippen molar-refractivity contribution < 1.29 is 0 Å². The van der Waals surface area contributed by atoms with Crippen molar-refractivity contribution >= 4 is 72.3 Å². The first-order valence-electron chi connectivity index (χ1n) is 4.23. The van der Waals surface area contributed by atoms with E-state index in [2.05, 4.69) is 36.4 Å². The molecule has 0 N–H and O–H groups in total. The van der Waals surface area contributed by atoms with Gasteiger partial charge in [-0.15, -0.1) is 0 Å². The van der Waals surface area contributed by atoms with Crippen LogP contribution in [0.1, 0.15) is 0 Å². The van der Waals surface area contributed by atoms with Gasteiger partial charge in [0.05, 0.1) is 0 Å². The summed E-state index contributed by atoms with van der Waals surface area (Å²) in [5.41, 5.74) is 0. The molecule has 0 nitrogen and oxygen atoms in total. The van der Waals surface area contributed by atoms with E-state index in [1.54, 1.807) is 0 Å². The van der Waals surface area contributed by atoms with Crippen LogP contribution < -0.4 is 5.63 Å². The second kappa shape index (κ2) is 3.83. The predicted octanol–water partition coefficient (Wildman–Crippen LogP) is 0.427. The molecule has 0 radical (unpaired) electrons. The van der Waals surface area contributed by atoms with Crippen LogP contribution in [0.3, 0.4) is 0 Å². The molecule has 0 atom stereocenters. The number of fused-ring (bicyclic) bond motifs is 1. The second-order valence-corrected chi connectivity index (χ2v) is 5.66. The zero-order valence-corrected chi connectivity index (χ0v) is 11.5. The fraction of sp³-hybridized carbons (Fsp3) is 0. The Morgan fingerprint density at radius 2 is 1.08 bits per heavy atom. The molecule has 2 rings (SSSR count). The summed E-state index contributed by atoms with van der Waals surface area (Å²) in [5.74, 6) is 0. The minimum absolute atomic E-state index is 1.15. The van der Waals surface area contributed by atoms with E-state index < -0.39 is 0 Å². The van der Waals surface area contributed by atoms with Crippen LogP contribution in [0, 0.1) is 0 Å². The van der Waals surface area contributed by atoms with Crippen molar-refractivity contribution in [3.8, 4) is 0 Å². The maximum absolute atomic E-state index is 2.29. The van der Waals surface area contributed by atoms with Gasteiger partial charge >= 0.3 is 109 Å². The molecule has 0 saturated carbocycles. The second-order valence-electron chi connectivity index (χ2n) is 3.35. The molecular weight excluding hydrogens is 166 g/mol. The Balaban J connectivity index is 2.79. The fourth-order valence-corrected chi connectivity index (χ4v) is 2.44. The summed E-state index contributed by atoms with van der Waals surface area (Å²) in [6, 6.07) is 13.5. The normalized spacial score (nSPS) is 10.7. The van der Waals surface area contributed by atoms with Gasteiger partial charge in [-0.3, -0.25) is 0 Å². The van der Waals surface area contributed by atoms with Crippen LogP contribution in [0.15, 0.2) is 36.4 Å². The number of rotatable bonds is 0. The van der Waals surface area contributed by atoms with Gasteiger partial charge in [0.2, 0.25) is 0 Å². The van der Waals surface area contributed by atoms with Crippen molar-refractivity contribution in [1.29, 1.82) is 0 Å². The van der Waals surface area contributed by atoms with Crippen molar-refractivity contribution in [2.75, 3.05) is 0 Å². The number of benzene rings is 2. The summed E-state index contributed by atoms with van der Waals surface area (Å²) < 4.78 is 2.95. The Hall–Kier alpha value is 0.700. The summed E-state index contributed by atoms with van der Waals surface area (Å²) in [6.07, 6.45) is 0. The molecule has 0 saturated heterocycles. The van der Waals surface area contributed by atoms with Crippen molar-refractivity contribution in [3.05, 3.63) is 36.4 Å². The van der Waals surface area contributed by atoms with Gasteiger partial charge in [0.25, 0.3) is 0 Å². The average molecular weight is 172 g/mol. The van der Waals surface area contributed by atoms with Gasteiger partial charge in [0, 0.05) is 0 Å². The molecule has 2 aromatic rings. The van der Waals surface area contributed by atoms with Gasteiger partial charge in [-0.05, 0) is 0 Å². The Labute approximate surface area is 107 Å². The molecule has 0 spiro atoms. The van der Waals surface area contributed by atoms with E-state index in [9.17, 15) is 0 Å². The van der Waals surface area contributed by atoms with Crippen LogP contribution in [-0.4, -0.2) is 55.9 Å². The van der Waals surface area contributed by atoms with Crippen LogP contribution in [-0.2, 0) is 0 Å². The van der Waals surface area contributed by atoms with E-state index in [1.165, 1.54) is 16.4 Å².